The molecule has 0 amide bonds. The number of rotatable bonds is 0. The third-order valence-electron chi connectivity index (χ3n) is 0.924. The van der Waals surface area contributed by atoms with Gasteiger partial charge in [0, 0.05) is 0 Å². The molecule has 0 aromatic rings. The monoisotopic (exact) mass is 261 g/mol. The second-order valence-corrected chi connectivity index (χ2v) is 2.39. The molecule has 1 atom stereocenters. The minimum atomic E-state index is -0.762. The molecule has 0 aromatic heterocycles. The third kappa shape index (κ3) is 7.02. The molecule has 1 nitrogen and oxygen atoms in total. The van der Waals surface area contributed by atoms with Gasteiger partial charge in [-0.25, -0.2) is 0 Å². The predicted molar refractivity (Wildman–Crippen MR) is 55.6 cm³/mol. The average molecular weight is 262 g/mol. The second kappa shape index (κ2) is 12.6. The van der Waals surface area contributed by atoms with Crippen LogP contribution in [0.1, 0.15) is 0 Å². The van der Waals surface area contributed by atoms with Gasteiger partial charge in [-0.05, 0) is 12.2 Å². The van der Waals surface area contributed by atoms with Crippen molar-refractivity contribution in [1.82, 2.24) is 5.12 Å². The van der Waals surface area contributed by atoms with Crippen molar-refractivity contribution in [2.75, 3.05) is 0 Å². The average Bonchev–Trinajstić information content (AvgIpc) is 1.83. The van der Waals surface area contributed by atoms with E-state index in [9.17, 15) is 4.48 Å². The summed E-state index contributed by atoms with van der Waals surface area (Å²) in [6.07, 6.45) is 4.53. The van der Waals surface area contributed by atoms with Crippen LogP contribution >= 0.6 is 23.2 Å². The van der Waals surface area contributed by atoms with E-state index in [1.165, 1.54) is 12.2 Å². The van der Waals surface area contributed by atoms with Crippen molar-refractivity contribution in [3.63, 3.8) is 0 Å². The van der Waals surface area contributed by atoms with E-state index in [2.05, 4.69) is 0 Å². The van der Waals surface area contributed by atoms with E-state index in [4.69, 9.17) is 23.2 Å². The van der Waals surface area contributed by atoms with Gasteiger partial charge < -0.3 is 0 Å². The van der Waals surface area contributed by atoms with Gasteiger partial charge in [-0.2, -0.15) is 5.12 Å². The van der Waals surface area contributed by atoms with Gasteiger partial charge in [-0.15, -0.1) is 0 Å². The SMILES string of the molecule is B.F.F.F.F.FN1C(Cl)=CC=CC1Cl. The first-order valence-corrected chi connectivity index (χ1v) is 3.16. The topological polar surface area (TPSA) is 3.24 Å². The van der Waals surface area contributed by atoms with E-state index in [1.54, 1.807) is 6.08 Å². The Morgan fingerprint density at radius 1 is 1.21 bits per heavy atom. The molecular weight excluding hydrogens is 251 g/mol. The summed E-state index contributed by atoms with van der Waals surface area (Å²) >= 11 is 10.7. The molecule has 0 spiro atoms. The zero-order valence-electron chi connectivity index (χ0n) is 6.02. The van der Waals surface area contributed by atoms with Gasteiger partial charge in [-0.3, -0.25) is 18.8 Å². The molecule has 9 heteroatoms. The van der Waals surface area contributed by atoms with Crippen molar-refractivity contribution in [3.05, 3.63) is 23.4 Å². The van der Waals surface area contributed by atoms with E-state index in [-0.39, 0.29) is 37.5 Å². The lowest BCUT2D eigenvalue weighted by Crippen LogP contribution is -2.19. The lowest BCUT2D eigenvalue weighted by Gasteiger charge is -2.17. The smallest absolute Gasteiger partial charge is 0.154 e. The Bertz CT molecular complexity index is 180. The van der Waals surface area contributed by atoms with E-state index >= 15 is 0 Å². The van der Waals surface area contributed by atoms with Crippen molar-refractivity contribution in [2.24, 2.45) is 0 Å². The molecule has 1 rings (SSSR count). The summed E-state index contributed by atoms with van der Waals surface area (Å²) in [5.41, 5.74) is -0.762. The zero-order valence-corrected chi connectivity index (χ0v) is 7.54. The second-order valence-electron chi connectivity index (χ2n) is 1.56. The summed E-state index contributed by atoms with van der Waals surface area (Å²) in [6, 6.07) is 0. The Morgan fingerprint density at radius 2 is 1.64 bits per heavy atom. The maximum atomic E-state index is 12.4. The van der Waals surface area contributed by atoms with Gasteiger partial charge in [0.05, 0.1) is 8.41 Å². The quantitative estimate of drug-likeness (QED) is 0.211. The number of nitrogens with zero attached hydrogens (tertiary/aromatic N) is 1. The summed E-state index contributed by atoms with van der Waals surface area (Å²) in [5, 5.41) is 0.292. The Morgan fingerprint density at radius 3 is 1.93 bits per heavy atom. The van der Waals surface area contributed by atoms with Crippen LogP contribution in [-0.2, 0) is 0 Å². The number of alkyl halides is 1. The van der Waals surface area contributed by atoms with Gasteiger partial charge in [0.25, 0.3) is 0 Å². The van der Waals surface area contributed by atoms with Gasteiger partial charge in [0.2, 0.25) is 0 Å². The lowest BCUT2D eigenvalue weighted by molar-refractivity contribution is 0.0804. The normalized spacial score (nSPS) is 16.9. The van der Waals surface area contributed by atoms with E-state index in [1.807, 2.05) is 0 Å². The summed E-state index contributed by atoms with van der Waals surface area (Å²) in [7, 11) is 0. The van der Waals surface area contributed by atoms with Crippen LogP contribution < -0.4 is 0 Å². The van der Waals surface area contributed by atoms with Crippen molar-refractivity contribution >= 4 is 31.6 Å². The Hall–Kier alpha value is -0.425. The van der Waals surface area contributed by atoms with Crippen LogP contribution in [0.2, 0.25) is 0 Å². The highest BCUT2D eigenvalue weighted by Crippen LogP contribution is 2.21. The maximum Gasteiger partial charge on any atom is 0.154 e. The van der Waals surface area contributed by atoms with Crippen LogP contribution in [-0.4, -0.2) is 19.0 Å². The van der Waals surface area contributed by atoms with E-state index in [0.29, 0.717) is 0 Å². The van der Waals surface area contributed by atoms with Crippen LogP contribution in [0.25, 0.3) is 0 Å². The molecule has 1 unspecified atom stereocenters. The van der Waals surface area contributed by atoms with Crippen LogP contribution in [0.4, 0.5) is 23.3 Å². The van der Waals surface area contributed by atoms with E-state index < -0.39 is 5.50 Å². The number of allylic oxidation sites excluding steroid dienone is 2. The van der Waals surface area contributed by atoms with Gasteiger partial charge in [0.1, 0.15) is 5.16 Å². The third-order valence-corrected chi connectivity index (χ3v) is 1.53. The van der Waals surface area contributed by atoms with Crippen molar-refractivity contribution in [2.45, 2.75) is 5.50 Å². The first-order chi connectivity index (χ1) is 4.22. The molecule has 88 valence electrons. The molecule has 0 N–H and O–H groups in total. The molecule has 1 heterocycles. The molecule has 0 aromatic carbocycles. The van der Waals surface area contributed by atoms with Gasteiger partial charge in [-0.1, -0.05) is 33.8 Å². The molecule has 0 aliphatic carbocycles. The highest BCUT2D eigenvalue weighted by molar-refractivity contribution is 6.30. The first-order valence-electron chi connectivity index (χ1n) is 2.35. The van der Waals surface area contributed by atoms with Crippen LogP contribution in [0, 0.1) is 0 Å². The summed E-state index contributed by atoms with van der Waals surface area (Å²) in [4.78, 5) is 0. The fraction of sp³-hybridized carbons (Fsp3) is 0.200. The number of hydrogen-bond donors (Lipinski definition) is 0. The highest BCUT2D eigenvalue weighted by atomic mass is 35.5. The molecule has 0 saturated carbocycles. The minimum Gasteiger partial charge on any atom is -0.269 e. The minimum absolute atomic E-state index is 0. The fourth-order valence-electron chi connectivity index (χ4n) is 0.491. The molecule has 14 heavy (non-hydrogen) atoms. The standard InChI is InChI=1S/C5H4Cl2FN.BH3.4FH/c6-4-2-1-3-5(7)9(4)8;;;;;/h1-4H;1H3;4*1H. The first kappa shape index (κ1) is 29.2. The van der Waals surface area contributed by atoms with Crippen molar-refractivity contribution < 1.29 is 23.3 Å². The van der Waals surface area contributed by atoms with Gasteiger partial charge >= 0.3 is 0 Å². The van der Waals surface area contributed by atoms with E-state index in [0.717, 1.165) is 0 Å². The Kier molecular flexibility index (Phi) is 26.2. The summed E-state index contributed by atoms with van der Waals surface area (Å²) in [6.45, 7) is 0. The zero-order chi connectivity index (χ0) is 6.85. The van der Waals surface area contributed by atoms with Crippen LogP contribution in [0.3, 0.4) is 0 Å². The molecular formula is C5H11BCl2F5N. The molecule has 0 bridgehead atoms. The Labute approximate surface area is 89.5 Å². The highest BCUT2D eigenvalue weighted by Gasteiger charge is 2.15. The maximum absolute atomic E-state index is 12.4. The molecule has 1 aliphatic rings. The Balaban J connectivity index is -0.0000000540. The van der Waals surface area contributed by atoms with Gasteiger partial charge in [0.15, 0.2) is 5.50 Å². The molecule has 0 fully saturated rings. The number of hydrogen-bond acceptors (Lipinski definition) is 1. The van der Waals surface area contributed by atoms with Crippen molar-refractivity contribution in [3.8, 4) is 0 Å². The largest absolute Gasteiger partial charge is 0.269 e. The van der Waals surface area contributed by atoms with Crippen LogP contribution in [0.5, 0.6) is 0 Å². The molecule has 0 saturated heterocycles. The predicted octanol–water partition coefficient (Wildman–Crippen LogP) is 1.81. The summed E-state index contributed by atoms with van der Waals surface area (Å²) in [5.74, 6) is 0. The number of halogens is 7. The van der Waals surface area contributed by atoms with Crippen LogP contribution in [0.15, 0.2) is 23.4 Å². The fourth-order valence-corrected chi connectivity index (χ4v) is 0.908. The molecule has 1 aliphatic heterocycles. The molecule has 0 radical (unpaired) electrons. The van der Waals surface area contributed by atoms with Crippen molar-refractivity contribution in [1.29, 1.82) is 0 Å². The lowest BCUT2D eigenvalue weighted by atomic mass is 10.4. The summed E-state index contributed by atoms with van der Waals surface area (Å²) < 4.78 is 12.4.